The molecule has 3 aromatic rings. The molecule has 24 heavy (non-hydrogen) atoms. The van der Waals surface area contributed by atoms with Crippen molar-refractivity contribution in [3.05, 3.63) is 88.1 Å². The van der Waals surface area contributed by atoms with E-state index in [1.807, 2.05) is 37.3 Å². The highest BCUT2D eigenvalue weighted by Crippen LogP contribution is 2.09. The number of nitrogens with one attached hydrogen (secondary N) is 1. The Morgan fingerprint density at radius 2 is 1.88 bits per heavy atom. The third-order valence-corrected chi connectivity index (χ3v) is 3.45. The Balaban J connectivity index is 1.81. The van der Waals surface area contributed by atoms with Crippen molar-refractivity contribution in [1.29, 1.82) is 0 Å². The Morgan fingerprint density at radius 1 is 1.08 bits per heavy atom. The van der Waals surface area contributed by atoms with E-state index in [4.69, 9.17) is 0 Å². The van der Waals surface area contributed by atoms with Crippen LogP contribution in [0.3, 0.4) is 0 Å². The molecule has 0 aliphatic carbocycles. The zero-order chi connectivity index (χ0) is 16.9. The van der Waals surface area contributed by atoms with Gasteiger partial charge in [-0.1, -0.05) is 23.8 Å². The maximum atomic E-state index is 12.3. The van der Waals surface area contributed by atoms with Gasteiger partial charge in [-0.25, -0.2) is 4.68 Å². The first-order valence-corrected chi connectivity index (χ1v) is 7.48. The fourth-order valence-corrected chi connectivity index (χ4v) is 2.16. The molecule has 3 rings (SSSR count). The molecule has 0 radical (unpaired) electrons. The number of aryl methyl sites for hydroxylation is 1. The molecule has 0 bridgehead atoms. The maximum absolute atomic E-state index is 12.3. The lowest BCUT2D eigenvalue weighted by Crippen LogP contribution is -2.26. The van der Waals surface area contributed by atoms with Crippen molar-refractivity contribution in [1.82, 2.24) is 14.8 Å². The highest BCUT2D eigenvalue weighted by atomic mass is 16.2. The normalized spacial score (nSPS) is 10.4. The summed E-state index contributed by atoms with van der Waals surface area (Å²) in [6.45, 7) is 2.19. The van der Waals surface area contributed by atoms with Crippen LogP contribution >= 0.6 is 0 Å². The fraction of sp³-hybridized carbons (Fsp3) is 0.111. The van der Waals surface area contributed by atoms with E-state index >= 15 is 0 Å². The number of benzene rings is 1. The van der Waals surface area contributed by atoms with Gasteiger partial charge in [-0.3, -0.25) is 14.6 Å². The average molecular weight is 320 g/mol. The van der Waals surface area contributed by atoms with Crippen LogP contribution in [0, 0.1) is 6.92 Å². The highest BCUT2D eigenvalue weighted by molar-refractivity contribution is 6.02. The van der Waals surface area contributed by atoms with Crippen LogP contribution in [-0.2, 0) is 6.54 Å². The summed E-state index contributed by atoms with van der Waals surface area (Å²) in [5, 5.41) is 6.90. The second kappa shape index (κ2) is 6.87. The molecular formula is C18H16N4O2. The van der Waals surface area contributed by atoms with Gasteiger partial charge in [-0.05, 0) is 37.3 Å². The van der Waals surface area contributed by atoms with Crippen LogP contribution in [0.2, 0.25) is 0 Å². The van der Waals surface area contributed by atoms with Gasteiger partial charge in [-0.2, -0.15) is 5.10 Å². The van der Waals surface area contributed by atoms with Crippen LogP contribution < -0.4 is 10.9 Å². The van der Waals surface area contributed by atoms with E-state index in [0.29, 0.717) is 11.4 Å². The number of carbonyl (C=O) groups is 1. The summed E-state index contributed by atoms with van der Waals surface area (Å²) in [5.74, 6) is -0.367. The number of hydrogen-bond acceptors (Lipinski definition) is 4. The molecule has 2 aromatic heterocycles. The topological polar surface area (TPSA) is 76.9 Å². The van der Waals surface area contributed by atoms with Gasteiger partial charge in [0.2, 0.25) is 0 Å². The lowest BCUT2D eigenvalue weighted by Gasteiger charge is -2.08. The third-order valence-electron chi connectivity index (χ3n) is 3.45. The smallest absolute Gasteiger partial charge is 0.276 e. The first-order valence-electron chi connectivity index (χ1n) is 7.48. The van der Waals surface area contributed by atoms with E-state index in [0.717, 1.165) is 5.56 Å². The van der Waals surface area contributed by atoms with Crippen LogP contribution in [0.1, 0.15) is 21.7 Å². The molecule has 0 atom stereocenters. The van der Waals surface area contributed by atoms with Crippen LogP contribution in [0.15, 0.2) is 65.6 Å². The summed E-state index contributed by atoms with van der Waals surface area (Å²) >= 11 is 0. The molecule has 0 saturated carbocycles. The second-order valence-electron chi connectivity index (χ2n) is 5.36. The van der Waals surface area contributed by atoms with E-state index in [1.54, 1.807) is 18.3 Å². The van der Waals surface area contributed by atoms with Crippen LogP contribution in [0.5, 0.6) is 0 Å². The predicted molar refractivity (Wildman–Crippen MR) is 91.0 cm³/mol. The zero-order valence-electron chi connectivity index (χ0n) is 13.1. The summed E-state index contributed by atoms with van der Waals surface area (Å²) in [6.07, 6.45) is 1.65. The molecule has 1 aromatic carbocycles. The van der Waals surface area contributed by atoms with Crippen molar-refractivity contribution in [2.45, 2.75) is 13.5 Å². The number of aromatic nitrogens is 3. The molecule has 2 heterocycles. The van der Waals surface area contributed by atoms with E-state index < -0.39 is 0 Å². The predicted octanol–water partition coefficient (Wildman–Crippen LogP) is 2.25. The standard InChI is InChI=1S/C18H16N4O2/c1-13-5-7-14(8-6-13)20-18(24)16-9-10-17(23)22(21-16)12-15-4-2-3-11-19-15/h2-11H,12H2,1H3,(H,20,24). The molecule has 1 amide bonds. The van der Waals surface area contributed by atoms with Gasteiger partial charge in [-0.15, -0.1) is 0 Å². The minimum Gasteiger partial charge on any atom is -0.321 e. The molecule has 120 valence electrons. The van der Waals surface area contributed by atoms with Gasteiger partial charge in [0.05, 0.1) is 12.2 Å². The summed E-state index contributed by atoms with van der Waals surface area (Å²) in [7, 11) is 0. The number of rotatable bonds is 4. The Bertz CT molecular complexity index is 902. The second-order valence-corrected chi connectivity index (χ2v) is 5.36. The van der Waals surface area contributed by atoms with E-state index in [9.17, 15) is 9.59 Å². The van der Waals surface area contributed by atoms with Gasteiger partial charge >= 0.3 is 0 Å². The number of hydrogen-bond donors (Lipinski definition) is 1. The summed E-state index contributed by atoms with van der Waals surface area (Å²) < 4.78 is 1.23. The molecule has 0 fully saturated rings. The van der Waals surface area contributed by atoms with Crippen molar-refractivity contribution >= 4 is 11.6 Å². The maximum Gasteiger partial charge on any atom is 0.276 e. The summed E-state index contributed by atoms with van der Waals surface area (Å²) in [6, 6.07) is 15.6. The Kier molecular flexibility index (Phi) is 4.47. The first-order chi connectivity index (χ1) is 11.6. The zero-order valence-corrected chi connectivity index (χ0v) is 13.1. The number of nitrogens with zero attached hydrogens (tertiary/aromatic N) is 3. The lowest BCUT2D eigenvalue weighted by atomic mass is 10.2. The Hall–Kier alpha value is -3.28. The quantitative estimate of drug-likeness (QED) is 0.800. The Labute approximate surface area is 138 Å². The minimum atomic E-state index is -0.367. The molecule has 1 N–H and O–H groups in total. The average Bonchev–Trinajstić information content (AvgIpc) is 2.60. The van der Waals surface area contributed by atoms with Crippen molar-refractivity contribution in [2.75, 3.05) is 5.32 Å². The van der Waals surface area contributed by atoms with E-state index in [2.05, 4.69) is 15.4 Å². The number of amides is 1. The van der Waals surface area contributed by atoms with Gasteiger partial charge < -0.3 is 5.32 Å². The van der Waals surface area contributed by atoms with Gasteiger partial charge in [0.25, 0.3) is 11.5 Å². The number of carbonyl (C=O) groups excluding carboxylic acids is 1. The Morgan fingerprint density at radius 3 is 2.58 bits per heavy atom. The summed E-state index contributed by atoms with van der Waals surface area (Å²) in [4.78, 5) is 28.4. The van der Waals surface area contributed by atoms with Crippen molar-refractivity contribution in [3.8, 4) is 0 Å². The van der Waals surface area contributed by atoms with Crippen LogP contribution in [0.25, 0.3) is 0 Å². The van der Waals surface area contributed by atoms with Crippen molar-refractivity contribution in [3.63, 3.8) is 0 Å². The van der Waals surface area contributed by atoms with Crippen LogP contribution in [-0.4, -0.2) is 20.7 Å². The molecule has 0 spiro atoms. The molecule has 6 nitrogen and oxygen atoms in total. The molecular weight excluding hydrogens is 304 g/mol. The largest absolute Gasteiger partial charge is 0.321 e. The SMILES string of the molecule is Cc1ccc(NC(=O)c2ccc(=O)n(Cc3ccccn3)n2)cc1. The molecule has 0 unspecified atom stereocenters. The molecule has 0 aliphatic heterocycles. The number of anilines is 1. The lowest BCUT2D eigenvalue weighted by molar-refractivity contribution is 0.102. The highest BCUT2D eigenvalue weighted by Gasteiger charge is 2.10. The third kappa shape index (κ3) is 3.73. The van der Waals surface area contributed by atoms with Gasteiger partial charge in [0.1, 0.15) is 5.69 Å². The van der Waals surface area contributed by atoms with Gasteiger partial charge in [0.15, 0.2) is 0 Å². The first kappa shape index (κ1) is 15.6. The van der Waals surface area contributed by atoms with E-state index in [-0.39, 0.29) is 23.7 Å². The van der Waals surface area contributed by atoms with Crippen molar-refractivity contribution < 1.29 is 4.79 Å². The molecule has 0 saturated heterocycles. The minimum absolute atomic E-state index is 0.172. The van der Waals surface area contributed by atoms with Crippen LogP contribution in [0.4, 0.5) is 5.69 Å². The van der Waals surface area contributed by atoms with Gasteiger partial charge in [0, 0.05) is 18.0 Å². The van der Waals surface area contributed by atoms with E-state index in [1.165, 1.54) is 16.8 Å². The fourth-order valence-electron chi connectivity index (χ4n) is 2.16. The summed E-state index contributed by atoms with van der Waals surface area (Å²) in [5.41, 5.74) is 2.37. The number of pyridine rings is 1. The monoisotopic (exact) mass is 320 g/mol. The molecule has 6 heteroatoms. The van der Waals surface area contributed by atoms with Crippen molar-refractivity contribution in [2.24, 2.45) is 0 Å². The molecule has 0 aliphatic rings.